The minimum absolute atomic E-state index is 0.0585. The fraction of sp³-hybridized carbons (Fsp3) is 0. The average Bonchev–Trinajstić information content (AvgIpc) is 2.66. The Labute approximate surface area is 106 Å². The highest BCUT2D eigenvalue weighted by molar-refractivity contribution is 5.95. The third-order valence-corrected chi connectivity index (χ3v) is 2.21. The predicted molar refractivity (Wildman–Crippen MR) is 62.7 cm³/mol. The van der Waals surface area contributed by atoms with Gasteiger partial charge in [0.2, 0.25) is 0 Å². The van der Waals surface area contributed by atoms with Gasteiger partial charge in [0, 0.05) is 0 Å². The third-order valence-electron chi connectivity index (χ3n) is 2.21. The maximum atomic E-state index is 11.9. The Hall–Kier alpha value is -3.10. The summed E-state index contributed by atoms with van der Waals surface area (Å²) in [5.74, 6) is -1.94. The Morgan fingerprint density at radius 3 is 2.53 bits per heavy atom. The molecule has 19 heavy (non-hydrogen) atoms. The molecule has 1 heterocycles. The summed E-state index contributed by atoms with van der Waals surface area (Å²) in [7, 11) is 0. The lowest BCUT2D eigenvalue weighted by Gasteiger charge is -2.03. The smallest absolute Gasteiger partial charge is 0.385 e. The molecule has 2 amide bonds. The van der Waals surface area contributed by atoms with Crippen LogP contribution in [0.3, 0.4) is 0 Å². The van der Waals surface area contributed by atoms with Crippen molar-refractivity contribution in [3.05, 3.63) is 41.2 Å². The lowest BCUT2D eigenvalue weighted by Crippen LogP contribution is -2.42. The molecule has 0 atom stereocenters. The van der Waals surface area contributed by atoms with E-state index in [-0.39, 0.29) is 4.85 Å². The van der Waals surface area contributed by atoms with Crippen LogP contribution in [0.4, 0.5) is 10.6 Å². The van der Waals surface area contributed by atoms with Crippen molar-refractivity contribution in [1.29, 1.82) is 0 Å². The van der Waals surface area contributed by atoms with Crippen molar-refractivity contribution in [3.63, 3.8) is 0 Å². The molecule has 2 rings (SSSR count). The second kappa shape index (κ2) is 4.64. The summed E-state index contributed by atoms with van der Waals surface area (Å²) < 4.78 is 0. The van der Waals surface area contributed by atoms with Crippen LogP contribution < -0.4 is 15.9 Å². The van der Waals surface area contributed by atoms with Crippen LogP contribution in [0.15, 0.2) is 30.3 Å². The number of aromatic carboxylic acids is 1. The first-order valence-electron chi connectivity index (χ1n) is 5.08. The van der Waals surface area contributed by atoms with Crippen molar-refractivity contribution >= 4 is 17.8 Å². The number of nitrogens with two attached hydrogens (primary N) is 1. The van der Waals surface area contributed by atoms with Crippen LogP contribution in [0.5, 0.6) is 0 Å². The number of hydrogen-bond donors (Lipinski definition) is 3. The van der Waals surface area contributed by atoms with Crippen molar-refractivity contribution in [1.82, 2.24) is 9.90 Å². The number of carbonyl (C=O) groups is 2. The van der Waals surface area contributed by atoms with Crippen LogP contribution in [0, 0.1) is 5.21 Å². The van der Waals surface area contributed by atoms with E-state index in [0.717, 1.165) is 4.80 Å². The average molecular weight is 263 g/mol. The summed E-state index contributed by atoms with van der Waals surface area (Å²) >= 11 is 0. The molecule has 0 saturated carbocycles. The van der Waals surface area contributed by atoms with E-state index >= 15 is 0 Å². The lowest BCUT2D eigenvalue weighted by atomic mass is 10.3. The number of nitrogens with zero attached hydrogens (tertiary/aromatic N) is 3. The van der Waals surface area contributed by atoms with Gasteiger partial charge in [0.1, 0.15) is 5.69 Å². The van der Waals surface area contributed by atoms with Gasteiger partial charge in [-0.15, -0.1) is 4.85 Å². The first kappa shape index (κ1) is 12.4. The maximum Gasteiger partial charge on any atom is 0.385 e. The number of aromatic nitrogens is 3. The van der Waals surface area contributed by atoms with E-state index in [9.17, 15) is 14.8 Å². The zero-order chi connectivity index (χ0) is 14.0. The normalized spacial score (nSPS) is 10.1. The zero-order valence-electron chi connectivity index (χ0n) is 9.48. The number of anilines is 1. The molecule has 0 unspecified atom stereocenters. The van der Waals surface area contributed by atoms with E-state index in [0.29, 0.717) is 5.69 Å². The van der Waals surface area contributed by atoms with E-state index in [1.54, 1.807) is 30.3 Å². The molecule has 2 aromatic rings. The molecule has 0 aliphatic carbocycles. The maximum absolute atomic E-state index is 11.9. The molecular formula is C10H9N5O4. The molecule has 0 spiro atoms. The molecule has 9 nitrogen and oxygen atoms in total. The van der Waals surface area contributed by atoms with Gasteiger partial charge in [0.15, 0.2) is 0 Å². The molecule has 0 aliphatic rings. The Morgan fingerprint density at radius 2 is 2.00 bits per heavy atom. The van der Waals surface area contributed by atoms with Crippen molar-refractivity contribution in [2.75, 3.05) is 5.32 Å². The summed E-state index contributed by atoms with van der Waals surface area (Å²) in [6.45, 7) is 0. The Kier molecular flexibility index (Phi) is 3.02. The number of nitrogens with one attached hydrogen (secondary N) is 1. The van der Waals surface area contributed by atoms with Crippen LogP contribution in [0.2, 0.25) is 0 Å². The van der Waals surface area contributed by atoms with Gasteiger partial charge in [-0.2, -0.15) is 0 Å². The quantitative estimate of drug-likeness (QED) is 0.515. The van der Waals surface area contributed by atoms with E-state index in [2.05, 4.69) is 5.10 Å². The molecule has 9 heteroatoms. The van der Waals surface area contributed by atoms with Gasteiger partial charge in [-0.05, 0) is 16.9 Å². The minimum atomic E-state index is -1.53. The molecule has 1 aromatic carbocycles. The molecule has 0 bridgehead atoms. The highest BCUT2D eigenvalue weighted by Gasteiger charge is 2.30. The largest absolute Gasteiger partial charge is 0.692 e. The zero-order valence-corrected chi connectivity index (χ0v) is 9.48. The highest BCUT2D eigenvalue weighted by atomic mass is 16.5. The molecule has 0 radical (unpaired) electrons. The monoisotopic (exact) mass is 263 g/mol. The summed E-state index contributed by atoms with van der Waals surface area (Å²) in [4.78, 5) is 22.6. The van der Waals surface area contributed by atoms with E-state index in [1.165, 1.54) is 0 Å². The number of para-hydroxylation sites is 1. The van der Waals surface area contributed by atoms with Crippen LogP contribution in [0.1, 0.15) is 10.5 Å². The van der Waals surface area contributed by atoms with Gasteiger partial charge in [-0.3, -0.25) is 5.32 Å². The number of benzene rings is 1. The minimum Gasteiger partial charge on any atom is -0.692 e. The van der Waals surface area contributed by atoms with Crippen LogP contribution in [-0.4, -0.2) is 27.0 Å². The second-order valence-electron chi connectivity index (χ2n) is 3.49. The Morgan fingerprint density at radius 1 is 1.37 bits per heavy atom. The molecule has 0 saturated heterocycles. The summed E-state index contributed by atoms with van der Waals surface area (Å²) in [6, 6.07) is 7.13. The standard InChI is InChI=1S/C10H9N5O4/c11-10(18)12-8-7(9(16)17)15(19)14(13-8)6-4-2-1-3-5-6/h1-5H,(H,16,17)(H3,11,12,13,18). The second-order valence-corrected chi connectivity index (χ2v) is 3.49. The Balaban J connectivity index is 2.58. The highest BCUT2D eigenvalue weighted by Crippen LogP contribution is 2.11. The predicted octanol–water partition coefficient (Wildman–Crippen LogP) is -0.305. The number of carboxylic acid groups (broad SMARTS) is 1. The number of amides is 2. The van der Waals surface area contributed by atoms with Crippen molar-refractivity contribution < 1.29 is 19.5 Å². The van der Waals surface area contributed by atoms with Gasteiger partial charge in [0.25, 0.3) is 0 Å². The van der Waals surface area contributed by atoms with Crippen molar-refractivity contribution in [2.45, 2.75) is 0 Å². The topological polar surface area (TPSA) is 137 Å². The van der Waals surface area contributed by atoms with Crippen LogP contribution in [-0.2, 0) is 0 Å². The first-order chi connectivity index (χ1) is 9.00. The van der Waals surface area contributed by atoms with Crippen LogP contribution >= 0.6 is 0 Å². The molecule has 1 aromatic heterocycles. The molecule has 0 fully saturated rings. The van der Waals surface area contributed by atoms with Gasteiger partial charge < -0.3 is 16.0 Å². The van der Waals surface area contributed by atoms with Crippen molar-refractivity contribution in [2.24, 2.45) is 5.73 Å². The van der Waals surface area contributed by atoms with E-state index in [1.807, 2.05) is 5.32 Å². The number of primary amides is 1. The van der Waals surface area contributed by atoms with Gasteiger partial charge in [0.05, 0.1) is 5.10 Å². The van der Waals surface area contributed by atoms with Gasteiger partial charge in [-0.1, -0.05) is 18.2 Å². The van der Waals surface area contributed by atoms with Gasteiger partial charge >= 0.3 is 23.5 Å². The number of hydrogen-bond acceptors (Lipinski definition) is 4. The van der Waals surface area contributed by atoms with E-state index in [4.69, 9.17) is 10.8 Å². The van der Waals surface area contributed by atoms with Gasteiger partial charge in [-0.25, -0.2) is 9.59 Å². The fourth-order valence-corrected chi connectivity index (χ4v) is 1.48. The lowest BCUT2D eigenvalue weighted by molar-refractivity contribution is -0.690. The molecular weight excluding hydrogens is 254 g/mol. The SMILES string of the molecule is NC(=O)Nc1nn(-c2ccccc2)[n+]([O-])c1C(=O)O. The summed E-state index contributed by atoms with van der Waals surface area (Å²) in [6.07, 6.45) is 0. The summed E-state index contributed by atoms with van der Waals surface area (Å²) in [5.41, 5.74) is 4.51. The Bertz CT molecular complexity index is 637. The number of carbonyl (C=O) groups excluding carboxylic acids is 1. The first-order valence-corrected chi connectivity index (χ1v) is 5.08. The van der Waals surface area contributed by atoms with Crippen molar-refractivity contribution in [3.8, 4) is 5.69 Å². The van der Waals surface area contributed by atoms with E-state index < -0.39 is 23.5 Å². The molecule has 4 N–H and O–H groups in total. The van der Waals surface area contributed by atoms with Crippen LogP contribution in [0.25, 0.3) is 5.69 Å². The molecule has 98 valence electrons. The fourth-order valence-electron chi connectivity index (χ4n) is 1.48. The number of carboxylic acids is 1. The number of rotatable bonds is 3. The third kappa shape index (κ3) is 2.29. The summed E-state index contributed by atoms with van der Waals surface area (Å²) in [5, 5.41) is 26.5. The molecule has 0 aliphatic heterocycles. The number of urea groups is 1.